The van der Waals surface area contributed by atoms with E-state index in [4.69, 9.17) is 10.5 Å². The minimum absolute atomic E-state index is 0.270. The van der Waals surface area contributed by atoms with Crippen LogP contribution < -0.4 is 11.1 Å². The highest BCUT2D eigenvalue weighted by Gasteiger charge is 2.18. The number of esters is 1. The number of hydrogen-bond acceptors (Lipinski definition) is 4. The average molecular weight is 340 g/mol. The smallest absolute Gasteiger partial charge is 0.338 e. The lowest BCUT2D eigenvalue weighted by Crippen LogP contribution is -2.37. The molecule has 0 fully saturated rings. The number of benzene rings is 2. The van der Waals surface area contributed by atoms with Gasteiger partial charge in [0.1, 0.15) is 5.60 Å². The molecular weight excluding hydrogens is 316 g/mol. The molecule has 132 valence electrons. The number of amides is 1. The van der Waals surface area contributed by atoms with Gasteiger partial charge >= 0.3 is 5.97 Å². The lowest BCUT2D eigenvalue weighted by molar-refractivity contribution is -0.117. The monoisotopic (exact) mass is 340 g/mol. The lowest BCUT2D eigenvalue weighted by Gasteiger charge is -2.19. The third-order valence-electron chi connectivity index (χ3n) is 3.42. The fourth-order valence-electron chi connectivity index (χ4n) is 2.22. The van der Waals surface area contributed by atoms with Crippen molar-refractivity contribution in [1.82, 2.24) is 0 Å². The van der Waals surface area contributed by atoms with E-state index in [-0.39, 0.29) is 5.91 Å². The van der Waals surface area contributed by atoms with Crippen LogP contribution in [0.4, 0.5) is 5.69 Å². The maximum absolute atomic E-state index is 12.2. The lowest BCUT2D eigenvalue weighted by atomic mass is 10.1. The third kappa shape index (κ3) is 6.04. The Morgan fingerprint density at radius 1 is 1.04 bits per heavy atom. The normalized spacial score (nSPS) is 12.3. The number of hydrogen-bond donors (Lipinski definition) is 2. The van der Waals surface area contributed by atoms with E-state index in [1.807, 2.05) is 51.1 Å². The van der Waals surface area contributed by atoms with Gasteiger partial charge in [-0.3, -0.25) is 4.79 Å². The van der Waals surface area contributed by atoms with E-state index < -0.39 is 17.6 Å². The molecule has 0 saturated heterocycles. The van der Waals surface area contributed by atoms with Crippen LogP contribution in [0.3, 0.4) is 0 Å². The second kappa shape index (κ2) is 7.94. The van der Waals surface area contributed by atoms with Crippen molar-refractivity contribution < 1.29 is 14.3 Å². The fourth-order valence-corrected chi connectivity index (χ4v) is 2.22. The molecule has 0 radical (unpaired) electrons. The van der Waals surface area contributed by atoms with Gasteiger partial charge in [-0.25, -0.2) is 4.79 Å². The van der Waals surface area contributed by atoms with Crippen LogP contribution in [0.15, 0.2) is 54.6 Å². The largest absolute Gasteiger partial charge is 0.456 e. The summed E-state index contributed by atoms with van der Waals surface area (Å²) in [7, 11) is 0. The molecule has 3 N–H and O–H groups in total. The standard InChI is InChI=1S/C20H24N2O3/c1-20(2,3)25-19(24)15-9-11-16(12-10-15)22-18(23)17(21)13-14-7-5-4-6-8-14/h4-12,17H,13,21H2,1-3H3,(H,22,23). The van der Waals surface area contributed by atoms with Crippen molar-refractivity contribution in [1.29, 1.82) is 0 Å². The highest BCUT2D eigenvalue weighted by atomic mass is 16.6. The Bertz CT molecular complexity index is 719. The molecule has 0 aliphatic heterocycles. The van der Waals surface area contributed by atoms with Crippen molar-refractivity contribution in [3.8, 4) is 0 Å². The summed E-state index contributed by atoms with van der Waals surface area (Å²) in [6.07, 6.45) is 0.461. The third-order valence-corrected chi connectivity index (χ3v) is 3.42. The molecule has 5 nitrogen and oxygen atoms in total. The Morgan fingerprint density at radius 2 is 1.64 bits per heavy atom. The van der Waals surface area contributed by atoms with E-state index in [2.05, 4.69) is 5.32 Å². The molecule has 1 atom stereocenters. The number of anilines is 1. The van der Waals surface area contributed by atoms with Crippen molar-refractivity contribution in [2.75, 3.05) is 5.32 Å². The molecule has 1 amide bonds. The Hall–Kier alpha value is -2.66. The zero-order valence-corrected chi connectivity index (χ0v) is 14.8. The van der Waals surface area contributed by atoms with Gasteiger partial charge in [0.15, 0.2) is 0 Å². The molecule has 0 heterocycles. The second-order valence-electron chi connectivity index (χ2n) is 6.86. The molecule has 0 aromatic heterocycles. The minimum Gasteiger partial charge on any atom is -0.456 e. The fraction of sp³-hybridized carbons (Fsp3) is 0.300. The van der Waals surface area contributed by atoms with Crippen LogP contribution in [0.1, 0.15) is 36.7 Å². The predicted octanol–water partition coefficient (Wildman–Crippen LogP) is 3.15. The topological polar surface area (TPSA) is 81.4 Å². The van der Waals surface area contributed by atoms with E-state index in [9.17, 15) is 9.59 Å². The Kier molecular flexibility index (Phi) is 5.93. The van der Waals surface area contributed by atoms with Crippen molar-refractivity contribution in [3.63, 3.8) is 0 Å². The molecule has 2 aromatic carbocycles. The van der Waals surface area contributed by atoms with Crippen molar-refractivity contribution >= 4 is 17.6 Å². The minimum atomic E-state index is -0.645. The number of rotatable bonds is 5. The van der Waals surface area contributed by atoms with Crippen molar-refractivity contribution in [2.45, 2.75) is 38.8 Å². The van der Waals surface area contributed by atoms with Gasteiger partial charge in [-0.2, -0.15) is 0 Å². The van der Waals surface area contributed by atoms with Crippen LogP contribution in [-0.2, 0) is 16.0 Å². The number of carbonyl (C=O) groups excluding carboxylic acids is 2. The van der Waals surface area contributed by atoms with Crippen LogP contribution in [0.2, 0.25) is 0 Å². The molecular formula is C20H24N2O3. The Labute approximate surface area is 148 Å². The molecule has 0 aliphatic rings. The first-order valence-electron chi connectivity index (χ1n) is 8.18. The zero-order chi connectivity index (χ0) is 18.4. The number of carbonyl (C=O) groups is 2. The maximum atomic E-state index is 12.2. The van der Waals surface area contributed by atoms with Gasteiger partial charge in [-0.15, -0.1) is 0 Å². The summed E-state index contributed by atoms with van der Waals surface area (Å²) < 4.78 is 5.30. The molecule has 0 aliphatic carbocycles. The average Bonchev–Trinajstić information content (AvgIpc) is 2.54. The number of nitrogens with two attached hydrogens (primary N) is 1. The number of nitrogens with one attached hydrogen (secondary N) is 1. The van der Waals surface area contributed by atoms with E-state index in [0.29, 0.717) is 17.7 Å². The van der Waals surface area contributed by atoms with Gasteiger partial charge in [0, 0.05) is 5.69 Å². The summed E-state index contributed by atoms with van der Waals surface area (Å²) in [6.45, 7) is 5.44. The predicted molar refractivity (Wildman–Crippen MR) is 98.4 cm³/mol. The summed E-state index contributed by atoms with van der Waals surface area (Å²) in [6, 6.07) is 15.5. The SMILES string of the molecule is CC(C)(C)OC(=O)c1ccc(NC(=O)C(N)Cc2ccccc2)cc1. The van der Waals surface area contributed by atoms with E-state index in [1.54, 1.807) is 24.3 Å². The molecule has 2 rings (SSSR count). The summed E-state index contributed by atoms with van der Waals surface area (Å²) >= 11 is 0. The summed E-state index contributed by atoms with van der Waals surface area (Å²) in [5.74, 6) is -0.667. The summed E-state index contributed by atoms with van der Waals surface area (Å²) in [5, 5.41) is 2.76. The van der Waals surface area contributed by atoms with Crippen LogP contribution in [0.25, 0.3) is 0 Å². The van der Waals surface area contributed by atoms with Crippen LogP contribution in [0, 0.1) is 0 Å². The molecule has 1 unspecified atom stereocenters. The van der Waals surface area contributed by atoms with Gasteiger partial charge in [0.25, 0.3) is 0 Å². The van der Waals surface area contributed by atoms with Gasteiger partial charge in [-0.1, -0.05) is 30.3 Å². The zero-order valence-electron chi connectivity index (χ0n) is 14.8. The first-order valence-corrected chi connectivity index (χ1v) is 8.18. The molecule has 5 heteroatoms. The molecule has 25 heavy (non-hydrogen) atoms. The van der Waals surface area contributed by atoms with Gasteiger partial charge in [0.05, 0.1) is 11.6 Å². The summed E-state index contributed by atoms with van der Waals surface area (Å²) in [5.41, 5.74) is 7.43. The van der Waals surface area contributed by atoms with Crippen molar-refractivity contribution in [3.05, 3.63) is 65.7 Å². The van der Waals surface area contributed by atoms with Crippen LogP contribution in [-0.4, -0.2) is 23.5 Å². The van der Waals surface area contributed by atoms with E-state index in [0.717, 1.165) is 5.56 Å². The molecule has 2 aromatic rings. The van der Waals surface area contributed by atoms with Crippen LogP contribution in [0.5, 0.6) is 0 Å². The number of ether oxygens (including phenoxy) is 1. The highest BCUT2D eigenvalue weighted by molar-refractivity contribution is 5.96. The van der Waals surface area contributed by atoms with Gasteiger partial charge in [0.2, 0.25) is 5.91 Å². The second-order valence-corrected chi connectivity index (χ2v) is 6.86. The quantitative estimate of drug-likeness (QED) is 0.819. The van der Waals surface area contributed by atoms with Gasteiger partial charge in [-0.05, 0) is 57.0 Å². The first kappa shape index (κ1) is 18.7. The molecule has 0 spiro atoms. The van der Waals surface area contributed by atoms with E-state index >= 15 is 0 Å². The van der Waals surface area contributed by atoms with Gasteiger partial charge < -0.3 is 15.8 Å². The molecule has 0 saturated carbocycles. The first-order chi connectivity index (χ1) is 11.7. The Balaban J connectivity index is 1.94. The van der Waals surface area contributed by atoms with Crippen LogP contribution >= 0.6 is 0 Å². The highest BCUT2D eigenvalue weighted by Crippen LogP contribution is 2.15. The summed E-state index contributed by atoms with van der Waals surface area (Å²) in [4.78, 5) is 24.2. The van der Waals surface area contributed by atoms with Crippen molar-refractivity contribution in [2.24, 2.45) is 5.73 Å². The van der Waals surface area contributed by atoms with E-state index in [1.165, 1.54) is 0 Å². The Morgan fingerprint density at radius 3 is 2.20 bits per heavy atom. The molecule has 0 bridgehead atoms. The maximum Gasteiger partial charge on any atom is 0.338 e.